The van der Waals surface area contributed by atoms with Gasteiger partial charge in [-0.3, -0.25) is 14.4 Å². The zero-order valence-electron chi connectivity index (χ0n) is 17.0. The molecule has 3 aromatic rings. The molecular weight excluding hydrogens is 404 g/mol. The van der Waals surface area contributed by atoms with Crippen LogP contribution in [0.5, 0.6) is 0 Å². The molecule has 0 atom stereocenters. The highest BCUT2D eigenvalue weighted by Crippen LogP contribution is 2.21. The molecule has 9 heteroatoms. The average Bonchev–Trinajstić information content (AvgIpc) is 3.10. The van der Waals surface area contributed by atoms with Crippen LogP contribution in [0.25, 0.3) is 11.3 Å². The van der Waals surface area contributed by atoms with E-state index in [4.69, 9.17) is 4.74 Å². The number of benzene rings is 1. The summed E-state index contributed by atoms with van der Waals surface area (Å²) in [5.74, 6) is -0.806. The van der Waals surface area contributed by atoms with E-state index >= 15 is 0 Å². The molecule has 1 aromatic carbocycles. The molecule has 0 aliphatic rings. The smallest absolute Gasteiger partial charge is 0.311 e. The molecule has 156 valence electrons. The minimum Gasteiger partial charge on any atom is -0.466 e. The molecule has 0 fully saturated rings. The number of carbonyl (C=O) groups excluding carboxylic acids is 2. The van der Waals surface area contributed by atoms with Crippen LogP contribution in [0.3, 0.4) is 0 Å². The number of ether oxygens (including phenoxy) is 1. The summed E-state index contributed by atoms with van der Waals surface area (Å²) in [6, 6.07) is 9.01. The van der Waals surface area contributed by atoms with Crippen LogP contribution in [0.1, 0.15) is 23.7 Å². The molecule has 3 rings (SSSR count). The summed E-state index contributed by atoms with van der Waals surface area (Å²) in [6.07, 6.45) is 0.0408. The standard InChI is InChI=1S/C21H22N4O4S/c1-4-29-20(28)10-15-12-30-21(22-15)23-18(26)11-25-19(27)8-7-17(24-25)16-6-5-13(2)9-14(16)3/h5-9,12H,4,10-11H2,1-3H3,(H,22,23,26). The van der Waals surface area contributed by atoms with Crippen molar-refractivity contribution in [2.75, 3.05) is 11.9 Å². The van der Waals surface area contributed by atoms with Crippen molar-refractivity contribution in [2.24, 2.45) is 0 Å². The van der Waals surface area contributed by atoms with Gasteiger partial charge in [-0.15, -0.1) is 11.3 Å². The Bertz CT molecular complexity index is 1140. The monoisotopic (exact) mass is 426 g/mol. The molecule has 1 amide bonds. The van der Waals surface area contributed by atoms with Crippen LogP contribution in [0.4, 0.5) is 5.13 Å². The van der Waals surface area contributed by atoms with Gasteiger partial charge in [0.2, 0.25) is 5.91 Å². The third-order valence-electron chi connectivity index (χ3n) is 4.25. The topological polar surface area (TPSA) is 103 Å². The third kappa shape index (κ3) is 5.38. The molecule has 0 saturated carbocycles. The highest BCUT2D eigenvalue weighted by molar-refractivity contribution is 7.13. The van der Waals surface area contributed by atoms with Crippen LogP contribution in [0.15, 0.2) is 40.5 Å². The molecule has 1 N–H and O–H groups in total. The van der Waals surface area contributed by atoms with Crippen LogP contribution in [-0.2, 0) is 27.3 Å². The molecular formula is C21H22N4O4S. The van der Waals surface area contributed by atoms with Gasteiger partial charge in [0.1, 0.15) is 6.54 Å². The maximum Gasteiger partial charge on any atom is 0.311 e. The van der Waals surface area contributed by atoms with Crippen molar-refractivity contribution >= 4 is 28.3 Å². The van der Waals surface area contributed by atoms with Crippen LogP contribution >= 0.6 is 11.3 Å². The summed E-state index contributed by atoms with van der Waals surface area (Å²) in [5.41, 5.74) is 3.83. The summed E-state index contributed by atoms with van der Waals surface area (Å²) in [4.78, 5) is 40.3. The predicted octanol–water partition coefficient (Wildman–Crippen LogP) is 2.73. The van der Waals surface area contributed by atoms with Gasteiger partial charge in [-0.25, -0.2) is 9.67 Å². The van der Waals surface area contributed by atoms with Crippen molar-refractivity contribution in [3.05, 3.63) is 62.9 Å². The first-order chi connectivity index (χ1) is 14.4. The van der Waals surface area contributed by atoms with Gasteiger partial charge in [0.15, 0.2) is 5.13 Å². The Morgan fingerprint density at radius 1 is 1.20 bits per heavy atom. The van der Waals surface area contributed by atoms with Crippen LogP contribution in [-0.4, -0.2) is 33.2 Å². The molecule has 0 unspecified atom stereocenters. The van der Waals surface area contributed by atoms with Crippen LogP contribution in [0.2, 0.25) is 0 Å². The largest absolute Gasteiger partial charge is 0.466 e. The van der Waals surface area contributed by atoms with Gasteiger partial charge < -0.3 is 10.1 Å². The Hall–Kier alpha value is -3.33. The van der Waals surface area contributed by atoms with E-state index in [0.717, 1.165) is 21.4 Å². The molecule has 0 aliphatic heterocycles. The van der Waals surface area contributed by atoms with E-state index in [1.807, 2.05) is 32.0 Å². The Kier molecular flexibility index (Phi) is 6.73. The molecule has 30 heavy (non-hydrogen) atoms. The summed E-state index contributed by atoms with van der Waals surface area (Å²) >= 11 is 1.20. The van der Waals surface area contributed by atoms with Gasteiger partial charge in [0.05, 0.1) is 24.4 Å². The van der Waals surface area contributed by atoms with Gasteiger partial charge in [-0.1, -0.05) is 23.8 Å². The summed E-state index contributed by atoms with van der Waals surface area (Å²) in [6.45, 7) is 5.77. The van der Waals surface area contributed by atoms with Crippen molar-refractivity contribution in [3.63, 3.8) is 0 Å². The molecule has 2 aromatic heterocycles. The Morgan fingerprint density at radius 3 is 2.73 bits per heavy atom. The zero-order valence-corrected chi connectivity index (χ0v) is 17.8. The van der Waals surface area contributed by atoms with E-state index in [1.165, 1.54) is 17.4 Å². The quantitative estimate of drug-likeness (QED) is 0.583. The molecule has 0 spiro atoms. The molecule has 0 aliphatic carbocycles. The number of hydrogen-bond donors (Lipinski definition) is 1. The number of thiazole rings is 1. The normalized spacial score (nSPS) is 10.6. The summed E-state index contributed by atoms with van der Waals surface area (Å²) < 4.78 is 6.01. The second-order valence-electron chi connectivity index (χ2n) is 6.71. The highest BCUT2D eigenvalue weighted by Gasteiger charge is 2.13. The zero-order chi connectivity index (χ0) is 21.7. The Labute approximate surface area is 177 Å². The lowest BCUT2D eigenvalue weighted by molar-refractivity contribution is -0.142. The van der Waals surface area contributed by atoms with E-state index in [9.17, 15) is 14.4 Å². The molecule has 0 radical (unpaired) electrons. The number of anilines is 1. The van der Waals surface area contributed by atoms with Crippen molar-refractivity contribution < 1.29 is 14.3 Å². The van der Waals surface area contributed by atoms with E-state index in [1.54, 1.807) is 18.4 Å². The van der Waals surface area contributed by atoms with Crippen LogP contribution < -0.4 is 10.9 Å². The van der Waals surface area contributed by atoms with E-state index in [0.29, 0.717) is 23.1 Å². The van der Waals surface area contributed by atoms with Gasteiger partial charge in [-0.05, 0) is 32.4 Å². The number of aryl methyl sites for hydroxylation is 2. The first kappa shape index (κ1) is 21.4. The number of nitrogens with zero attached hydrogens (tertiary/aromatic N) is 3. The Morgan fingerprint density at radius 2 is 2.00 bits per heavy atom. The van der Waals surface area contributed by atoms with Crippen LogP contribution in [0, 0.1) is 13.8 Å². The molecule has 0 bridgehead atoms. The lowest BCUT2D eigenvalue weighted by Gasteiger charge is -2.09. The van der Waals surface area contributed by atoms with Crippen molar-refractivity contribution in [2.45, 2.75) is 33.7 Å². The minimum atomic E-state index is -0.431. The number of aromatic nitrogens is 3. The first-order valence-electron chi connectivity index (χ1n) is 9.41. The molecule has 2 heterocycles. The number of hydrogen-bond acceptors (Lipinski definition) is 7. The van der Waals surface area contributed by atoms with Crippen molar-refractivity contribution in [1.82, 2.24) is 14.8 Å². The van der Waals surface area contributed by atoms with Crippen molar-refractivity contribution in [1.29, 1.82) is 0 Å². The molecule has 8 nitrogen and oxygen atoms in total. The van der Waals surface area contributed by atoms with E-state index in [2.05, 4.69) is 15.4 Å². The SMILES string of the molecule is CCOC(=O)Cc1csc(NC(=O)Cn2nc(-c3ccc(C)cc3C)ccc2=O)n1. The number of esters is 1. The second-order valence-corrected chi connectivity index (χ2v) is 7.56. The highest BCUT2D eigenvalue weighted by atomic mass is 32.1. The fourth-order valence-electron chi connectivity index (χ4n) is 2.91. The van der Waals surface area contributed by atoms with E-state index in [-0.39, 0.29) is 24.5 Å². The van der Waals surface area contributed by atoms with Crippen molar-refractivity contribution in [3.8, 4) is 11.3 Å². The third-order valence-corrected chi connectivity index (χ3v) is 5.05. The predicted molar refractivity (Wildman–Crippen MR) is 114 cm³/mol. The van der Waals surface area contributed by atoms with Gasteiger partial charge in [0.25, 0.3) is 5.56 Å². The lowest BCUT2D eigenvalue weighted by Crippen LogP contribution is -2.29. The average molecular weight is 426 g/mol. The number of amides is 1. The fraction of sp³-hybridized carbons (Fsp3) is 0.286. The maximum absolute atomic E-state index is 12.4. The summed E-state index contributed by atoms with van der Waals surface area (Å²) in [5, 5.41) is 9.01. The number of nitrogens with one attached hydrogen (secondary N) is 1. The number of carbonyl (C=O) groups is 2. The minimum absolute atomic E-state index is 0.0408. The Balaban J connectivity index is 1.70. The second kappa shape index (κ2) is 9.45. The lowest BCUT2D eigenvalue weighted by atomic mass is 10.0. The maximum atomic E-state index is 12.4. The van der Waals surface area contributed by atoms with Gasteiger partial charge in [0, 0.05) is 17.0 Å². The van der Waals surface area contributed by atoms with Gasteiger partial charge in [-0.2, -0.15) is 5.10 Å². The van der Waals surface area contributed by atoms with Gasteiger partial charge >= 0.3 is 5.97 Å². The van der Waals surface area contributed by atoms with E-state index < -0.39 is 5.91 Å². The fourth-order valence-corrected chi connectivity index (χ4v) is 3.63. The molecule has 0 saturated heterocycles. The first-order valence-corrected chi connectivity index (χ1v) is 10.3. The summed E-state index contributed by atoms with van der Waals surface area (Å²) in [7, 11) is 0. The number of rotatable bonds is 7.